The van der Waals surface area contributed by atoms with Crippen molar-refractivity contribution in [2.75, 3.05) is 19.5 Å². The van der Waals surface area contributed by atoms with Crippen LogP contribution in [0.25, 0.3) is 11.4 Å². The van der Waals surface area contributed by atoms with Crippen LogP contribution in [-0.2, 0) is 0 Å². The number of methoxy groups -OCH3 is 1. The van der Waals surface area contributed by atoms with Crippen LogP contribution >= 0.6 is 0 Å². The summed E-state index contributed by atoms with van der Waals surface area (Å²) >= 11 is 0. The second-order valence-corrected chi connectivity index (χ2v) is 4.06. The summed E-state index contributed by atoms with van der Waals surface area (Å²) in [7, 11) is 3.48. The Morgan fingerprint density at radius 3 is 2.39 bits per heavy atom. The minimum absolute atomic E-state index is 0.607. The third-order valence-corrected chi connectivity index (χ3v) is 2.74. The van der Waals surface area contributed by atoms with Gasteiger partial charge in [-0.05, 0) is 37.1 Å². The van der Waals surface area contributed by atoms with Gasteiger partial charge in [-0.1, -0.05) is 0 Å². The maximum atomic E-state index is 5.34. The lowest BCUT2D eigenvalue weighted by molar-refractivity contribution is 0.408. The van der Waals surface area contributed by atoms with E-state index < -0.39 is 0 Å². The number of nitrogens with one attached hydrogen (secondary N) is 1. The molecule has 94 valence electrons. The Balaban J connectivity index is 2.51. The fourth-order valence-electron chi connectivity index (χ4n) is 1.95. The van der Waals surface area contributed by atoms with Crippen LogP contribution in [0.5, 0.6) is 5.75 Å². The first-order valence-corrected chi connectivity index (χ1v) is 5.68. The van der Waals surface area contributed by atoms with E-state index in [1.54, 1.807) is 20.4 Å². The van der Waals surface area contributed by atoms with Gasteiger partial charge in [0.2, 0.25) is 0 Å². The van der Waals surface area contributed by atoms with Crippen LogP contribution in [0.3, 0.4) is 0 Å². The monoisotopic (exact) mass is 244 g/mol. The second kappa shape index (κ2) is 5.00. The average molecular weight is 244 g/mol. The molecule has 0 saturated carbocycles. The number of hydrogen-bond donors (Lipinski definition) is 1. The SMILES string of the molecule is CNc1cnnc(-c2cc(C)c(OC)c(C)c2)n1. The minimum Gasteiger partial charge on any atom is -0.496 e. The van der Waals surface area contributed by atoms with E-state index in [4.69, 9.17) is 4.74 Å². The molecule has 5 nitrogen and oxygen atoms in total. The van der Waals surface area contributed by atoms with E-state index in [1.165, 1.54) is 0 Å². The number of aryl methyl sites for hydroxylation is 2. The van der Waals surface area contributed by atoms with Crippen molar-refractivity contribution in [2.24, 2.45) is 0 Å². The molecule has 0 spiro atoms. The molecule has 1 heterocycles. The summed E-state index contributed by atoms with van der Waals surface area (Å²) < 4.78 is 5.34. The molecule has 0 fully saturated rings. The van der Waals surface area contributed by atoms with Crippen LogP contribution in [0.4, 0.5) is 5.82 Å². The molecular formula is C13H16N4O. The molecule has 0 saturated heterocycles. The summed E-state index contributed by atoms with van der Waals surface area (Å²) in [6, 6.07) is 4.00. The highest BCUT2D eigenvalue weighted by Gasteiger charge is 2.09. The number of nitrogens with zero attached hydrogens (tertiary/aromatic N) is 3. The van der Waals surface area contributed by atoms with Crippen molar-refractivity contribution in [3.8, 4) is 17.1 Å². The van der Waals surface area contributed by atoms with Gasteiger partial charge in [0, 0.05) is 12.6 Å². The fraction of sp³-hybridized carbons (Fsp3) is 0.308. The van der Waals surface area contributed by atoms with Crippen LogP contribution in [0.15, 0.2) is 18.3 Å². The number of benzene rings is 1. The topological polar surface area (TPSA) is 59.9 Å². The quantitative estimate of drug-likeness (QED) is 0.897. The zero-order valence-corrected chi connectivity index (χ0v) is 11.0. The molecule has 0 aliphatic rings. The lowest BCUT2D eigenvalue weighted by Gasteiger charge is -2.10. The maximum Gasteiger partial charge on any atom is 0.183 e. The van der Waals surface area contributed by atoms with Crippen molar-refractivity contribution in [1.29, 1.82) is 0 Å². The molecule has 1 N–H and O–H groups in total. The second-order valence-electron chi connectivity index (χ2n) is 4.06. The molecule has 0 amide bonds. The lowest BCUT2D eigenvalue weighted by Crippen LogP contribution is -1.99. The van der Waals surface area contributed by atoms with Crippen molar-refractivity contribution in [3.05, 3.63) is 29.5 Å². The number of anilines is 1. The zero-order valence-electron chi connectivity index (χ0n) is 11.0. The Kier molecular flexibility index (Phi) is 3.41. The Bertz CT molecular complexity index is 546. The van der Waals surface area contributed by atoms with Crippen LogP contribution in [0, 0.1) is 13.8 Å². The van der Waals surface area contributed by atoms with Gasteiger partial charge in [-0.3, -0.25) is 0 Å². The molecule has 2 aromatic rings. The molecule has 0 radical (unpaired) electrons. The standard InChI is InChI=1S/C13H16N4O/c1-8-5-10(6-9(2)12(8)18-4)13-16-11(14-3)7-15-17-13/h5-7H,1-4H3,(H,14,16,17). The van der Waals surface area contributed by atoms with E-state index in [2.05, 4.69) is 20.5 Å². The molecule has 0 aliphatic heterocycles. The number of hydrogen-bond acceptors (Lipinski definition) is 5. The Morgan fingerprint density at radius 1 is 1.17 bits per heavy atom. The van der Waals surface area contributed by atoms with Gasteiger partial charge >= 0.3 is 0 Å². The van der Waals surface area contributed by atoms with Crippen LogP contribution < -0.4 is 10.1 Å². The average Bonchev–Trinajstić information content (AvgIpc) is 2.38. The summed E-state index contributed by atoms with van der Waals surface area (Å²) in [5.41, 5.74) is 3.06. The molecular weight excluding hydrogens is 228 g/mol. The first-order valence-electron chi connectivity index (χ1n) is 5.68. The molecule has 0 bridgehead atoms. The van der Waals surface area contributed by atoms with E-state index in [9.17, 15) is 0 Å². The van der Waals surface area contributed by atoms with Crippen molar-refractivity contribution in [3.63, 3.8) is 0 Å². The highest BCUT2D eigenvalue weighted by molar-refractivity contribution is 5.61. The van der Waals surface area contributed by atoms with Gasteiger partial charge in [0.1, 0.15) is 11.6 Å². The van der Waals surface area contributed by atoms with E-state index in [-0.39, 0.29) is 0 Å². The highest BCUT2D eigenvalue weighted by Crippen LogP contribution is 2.28. The smallest absolute Gasteiger partial charge is 0.183 e. The normalized spacial score (nSPS) is 10.2. The predicted octanol–water partition coefficient (Wildman–Crippen LogP) is 2.21. The summed E-state index contributed by atoms with van der Waals surface area (Å²) in [6.45, 7) is 4.01. The summed E-state index contributed by atoms with van der Waals surface area (Å²) in [5, 5.41) is 10.9. The van der Waals surface area contributed by atoms with Crippen molar-refractivity contribution in [2.45, 2.75) is 13.8 Å². The predicted molar refractivity (Wildman–Crippen MR) is 70.8 cm³/mol. The Labute approximate surface area is 106 Å². The number of ether oxygens (including phenoxy) is 1. The summed E-state index contributed by atoms with van der Waals surface area (Å²) in [4.78, 5) is 4.37. The van der Waals surface area contributed by atoms with Gasteiger partial charge in [0.25, 0.3) is 0 Å². The molecule has 1 aromatic heterocycles. The molecule has 0 atom stereocenters. The number of aromatic nitrogens is 3. The third-order valence-electron chi connectivity index (χ3n) is 2.74. The van der Waals surface area contributed by atoms with Gasteiger partial charge in [0.15, 0.2) is 5.82 Å². The number of rotatable bonds is 3. The van der Waals surface area contributed by atoms with Gasteiger partial charge < -0.3 is 10.1 Å². The fourth-order valence-corrected chi connectivity index (χ4v) is 1.95. The Hall–Kier alpha value is -2.17. The third kappa shape index (κ3) is 2.25. The van der Waals surface area contributed by atoms with E-state index in [0.717, 1.165) is 22.4 Å². The van der Waals surface area contributed by atoms with E-state index in [0.29, 0.717) is 11.6 Å². The molecule has 1 aromatic carbocycles. The van der Waals surface area contributed by atoms with Crippen LogP contribution in [0.1, 0.15) is 11.1 Å². The first kappa shape index (κ1) is 12.3. The van der Waals surface area contributed by atoms with Gasteiger partial charge in [-0.2, -0.15) is 5.10 Å². The largest absolute Gasteiger partial charge is 0.496 e. The molecule has 0 aliphatic carbocycles. The molecule has 5 heteroatoms. The molecule has 0 unspecified atom stereocenters. The van der Waals surface area contributed by atoms with Gasteiger partial charge in [-0.15, -0.1) is 5.10 Å². The van der Waals surface area contributed by atoms with Crippen molar-refractivity contribution in [1.82, 2.24) is 15.2 Å². The van der Waals surface area contributed by atoms with Gasteiger partial charge in [-0.25, -0.2) is 4.98 Å². The lowest BCUT2D eigenvalue weighted by atomic mass is 10.1. The van der Waals surface area contributed by atoms with Crippen molar-refractivity contribution < 1.29 is 4.74 Å². The first-order chi connectivity index (χ1) is 8.65. The summed E-state index contributed by atoms with van der Waals surface area (Å²) in [6.07, 6.45) is 1.59. The Morgan fingerprint density at radius 2 is 1.83 bits per heavy atom. The minimum atomic E-state index is 0.607. The van der Waals surface area contributed by atoms with E-state index in [1.807, 2.05) is 26.0 Å². The zero-order chi connectivity index (χ0) is 13.1. The molecule has 18 heavy (non-hydrogen) atoms. The van der Waals surface area contributed by atoms with Crippen molar-refractivity contribution >= 4 is 5.82 Å². The van der Waals surface area contributed by atoms with Crippen LogP contribution in [0.2, 0.25) is 0 Å². The molecule has 2 rings (SSSR count). The van der Waals surface area contributed by atoms with Crippen LogP contribution in [-0.4, -0.2) is 29.3 Å². The van der Waals surface area contributed by atoms with Gasteiger partial charge in [0.05, 0.1) is 13.3 Å². The van der Waals surface area contributed by atoms with E-state index >= 15 is 0 Å². The summed E-state index contributed by atoms with van der Waals surface area (Å²) in [5.74, 6) is 2.21. The highest BCUT2D eigenvalue weighted by atomic mass is 16.5. The maximum absolute atomic E-state index is 5.34.